The molecule has 0 spiro atoms. The van der Waals surface area contributed by atoms with Crippen LogP contribution in [0.4, 0.5) is 0 Å². The lowest BCUT2D eigenvalue weighted by Gasteiger charge is -2.23. The van der Waals surface area contributed by atoms with E-state index in [4.69, 9.17) is 15.2 Å². The van der Waals surface area contributed by atoms with Gasteiger partial charge in [-0.05, 0) is 30.9 Å². The summed E-state index contributed by atoms with van der Waals surface area (Å²) in [6.45, 7) is 7.80. The van der Waals surface area contributed by atoms with Crippen LogP contribution in [-0.2, 0) is 0 Å². The lowest BCUT2D eigenvalue weighted by molar-refractivity contribution is 0.284. The molecule has 21 heavy (non-hydrogen) atoms. The van der Waals surface area contributed by atoms with Gasteiger partial charge in [0, 0.05) is 30.8 Å². The van der Waals surface area contributed by atoms with E-state index in [1.807, 2.05) is 18.2 Å². The van der Waals surface area contributed by atoms with E-state index in [0.29, 0.717) is 0 Å². The molecule has 1 aromatic carbocycles. The van der Waals surface area contributed by atoms with Crippen LogP contribution in [0.3, 0.4) is 0 Å². The van der Waals surface area contributed by atoms with Crippen LogP contribution in [0.25, 0.3) is 0 Å². The molecule has 2 unspecified atom stereocenters. The fourth-order valence-corrected chi connectivity index (χ4v) is 3.07. The van der Waals surface area contributed by atoms with Crippen LogP contribution in [0.5, 0.6) is 11.5 Å². The van der Waals surface area contributed by atoms with Crippen molar-refractivity contribution in [2.45, 2.75) is 26.3 Å². The maximum Gasteiger partial charge on any atom is 0.127 e. The quantitative estimate of drug-likeness (QED) is 0.875. The highest BCUT2D eigenvalue weighted by Crippen LogP contribution is 2.30. The fraction of sp³-hybridized carbons (Fsp3) is 0.647. The molecular weight excluding hydrogens is 264 g/mol. The second-order valence-electron chi connectivity index (χ2n) is 6.27. The first kappa shape index (κ1) is 16.1. The van der Waals surface area contributed by atoms with Crippen LogP contribution in [0.15, 0.2) is 18.2 Å². The summed E-state index contributed by atoms with van der Waals surface area (Å²) in [7, 11) is 3.33. The monoisotopic (exact) mass is 292 g/mol. The third-order valence-corrected chi connectivity index (χ3v) is 4.55. The molecular formula is C17H28N2O2. The summed E-state index contributed by atoms with van der Waals surface area (Å²) in [6.07, 6.45) is 1.28. The summed E-state index contributed by atoms with van der Waals surface area (Å²) in [5.74, 6) is 3.15. The smallest absolute Gasteiger partial charge is 0.127 e. The number of nitrogens with two attached hydrogens (primary N) is 1. The average Bonchev–Trinajstić information content (AvgIpc) is 2.95. The summed E-state index contributed by atoms with van der Waals surface area (Å²) in [4.78, 5) is 2.47. The minimum atomic E-state index is -0.0308. The SMILES string of the molecule is COc1ccc(C(N)CN2CCC(C(C)C)C2)c(OC)c1. The van der Waals surface area contributed by atoms with Crippen molar-refractivity contribution < 1.29 is 9.47 Å². The highest BCUT2D eigenvalue weighted by atomic mass is 16.5. The van der Waals surface area contributed by atoms with Gasteiger partial charge in [-0.2, -0.15) is 0 Å². The Morgan fingerprint density at radius 3 is 2.62 bits per heavy atom. The molecule has 4 heteroatoms. The molecule has 1 heterocycles. The zero-order chi connectivity index (χ0) is 15.4. The van der Waals surface area contributed by atoms with Crippen LogP contribution in [0, 0.1) is 11.8 Å². The number of likely N-dealkylation sites (tertiary alicyclic amines) is 1. The highest BCUT2D eigenvalue weighted by Gasteiger charge is 2.26. The summed E-state index contributed by atoms with van der Waals surface area (Å²) >= 11 is 0. The van der Waals surface area contributed by atoms with Crippen LogP contribution in [0.1, 0.15) is 31.9 Å². The molecule has 1 saturated heterocycles. The minimum absolute atomic E-state index is 0.0308. The normalized spacial score (nSPS) is 20.8. The molecule has 0 saturated carbocycles. The third kappa shape index (κ3) is 3.89. The van der Waals surface area contributed by atoms with Gasteiger partial charge in [0.15, 0.2) is 0 Å². The first-order valence-corrected chi connectivity index (χ1v) is 7.75. The minimum Gasteiger partial charge on any atom is -0.497 e. The van der Waals surface area contributed by atoms with Gasteiger partial charge in [-0.15, -0.1) is 0 Å². The van der Waals surface area contributed by atoms with Crippen molar-refractivity contribution >= 4 is 0 Å². The first-order valence-electron chi connectivity index (χ1n) is 7.75. The second kappa shape index (κ2) is 7.14. The maximum atomic E-state index is 6.40. The topological polar surface area (TPSA) is 47.7 Å². The molecule has 0 radical (unpaired) electrons. The predicted molar refractivity (Wildman–Crippen MR) is 85.9 cm³/mol. The molecule has 118 valence electrons. The zero-order valence-electron chi connectivity index (χ0n) is 13.6. The van der Waals surface area contributed by atoms with Crippen LogP contribution in [0.2, 0.25) is 0 Å². The van der Waals surface area contributed by atoms with Crippen molar-refractivity contribution in [1.82, 2.24) is 4.90 Å². The Kier molecular flexibility index (Phi) is 5.48. The Morgan fingerprint density at radius 2 is 2.05 bits per heavy atom. The maximum absolute atomic E-state index is 6.40. The zero-order valence-corrected chi connectivity index (χ0v) is 13.6. The first-order chi connectivity index (χ1) is 10.0. The number of nitrogens with zero attached hydrogens (tertiary/aromatic N) is 1. The second-order valence-corrected chi connectivity index (χ2v) is 6.27. The molecule has 2 rings (SSSR count). The van der Waals surface area contributed by atoms with Gasteiger partial charge in [0.25, 0.3) is 0 Å². The third-order valence-electron chi connectivity index (χ3n) is 4.55. The van der Waals surface area contributed by atoms with E-state index in [0.717, 1.165) is 48.5 Å². The van der Waals surface area contributed by atoms with Crippen LogP contribution in [-0.4, -0.2) is 38.8 Å². The lowest BCUT2D eigenvalue weighted by Crippen LogP contribution is -2.31. The standard InChI is InChI=1S/C17H28N2O2/c1-12(2)13-7-8-19(10-13)11-16(18)15-6-5-14(20-3)9-17(15)21-4/h5-6,9,12-13,16H,7-8,10-11,18H2,1-4H3. The van der Waals surface area contributed by atoms with E-state index in [2.05, 4.69) is 18.7 Å². The summed E-state index contributed by atoms with van der Waals surface area (Å²) in [5.41, 5.74) is 7.45. The fourth-order valence-electron chi connectivity index (χ4n) is 3.07. The van der Waals surface area contributed by atoms with Crippen molar-refractivity contribution in [3.63, 3.8) is 0 Å². The largest absolute Gasteiger partial charge is 0.497 e. The highest BCUT2D eigenvalue weighted by molar-refractivity contribution is 5.42. The Hall–Kier alpha value is -1.26. The molecule has 1 aliphatic rings. The van der Waals surface area contributed by atoms with E-state index in [1.165, 1.54) is 6.42 Å². The molecule has 1 fully saturated rings. The summed E-state index contributed by atoms with van der Waals surface area (Å²) in [5, 5.41) is 0. The molecule has 0 bridgehead atoms. The molecule has 0 amide bonds. The van der Waals surface area contributed by atoms with Gasteiger partial charge in [-0.3, -0.25) is 0 Å². The summed E-state index contributed by atoms with van der Waals surface area (Å²) in [6, 6.07) is 5.82. The Balaban J connectivity index is 2.02. The van der Waals surface area contributed by atoms with Gasteiger partial charge in [-0.1, -0.05) is 19.9 Å². The summed E-state index contributed by atoms with van der Waals surface area (Å²) < 4.78 is 10.7. The van der Waals surface area contributed by atoms with Crippen molar-refractivity contribution in [3.8, 4) is 11.5 Å². The molecule has 4 nitrogen and oxygen atoms in total. The van der Waals surface area contributed by atoms with E-state index >= 15 is 0 Å². The van der Waals surface area contributed by atoms with Crippen molar-refractivity contribution in [2.24, 2.45) is 17.6 Å². The molecule has 1 aromatic rings. The van der Waals surface area contributed by atoms with Gasteiger partial charge in [0.05, 0.1) is 14.2 Å². The number of rotatable bonds is 6. The van der Waals surface area contributed by atoms with E-state index in [-0.39, 0.29) is 6.04 Å². The van der Waals surface area contributed by atoms with Crippen molar-refractivity contribution in [1.29, 1.82) is 0 Å². The van der Waals surface area contributed by atoms with E-state index < -0.39 is 0 Å². The average molecular weight is 292 g/mol. The van der Waals surface area contributed by atoms with E-state index in [1.54, 1.807) is 14.2 Å². The van der Waals surface area contributed by atoms with Gasteiger partial charge in [0.2, 0.25) is 0 Å². The number of benzene rings is 1. The number of ether oxygens (including phenoxy) is 2. The van der Waals surface area contributed by atoms with Crippen LogP contribution < -0.4 is 15.2 Å². The van der Waals surface area contributed by atoms with Crippen LogP contribution >= 0.6 is 0 Å². The van der Waals surface area contributed by atoms with Crippen molar-refractivity contribution in [3.05, 3.63) is 23.8 Å². The lowest BCUT2D eigenvalue weighted by atomic mass is 9.95. The molecule has 0 aromatic heterocycles. The predicted octanol–water partition coefficient (Wildman–Crippen LogP) is 2.68. The van der Waals surface area contributed by atoms with Gasteiger partial charge in [0.1, 0.15) is 11.5 Å². The number of hydrogen-bond donors (Lipinski definition) is 1. The van der Waals surface area contributed by atoms with Gasteiger partial charge < -0.3 is 20.1 Å². The van der Waals surface area contributed by atoms with Gasteiger partial charge >= 0.3 is 0 Å². The molecule has 2 N–H and O–H groups in total. The van der Waals surface area contributed by atoms with Gasteiger partial charge in [-0.25, -0.2) is 0 Å². The Morgan fingerprint density at radius 1 is 1.29 bits per heavy atom. The molecule has 1 aliphatic heterocycles. The van der Waals surface area contributed by atoms with Crippen molar-refractivity contribution in [2.75, 3.05) is 33.9 Å². The molecule has 2 atom stereocenters. The number of hydrogen-bond acceptors (Lipinski definition) is 4. The molecule has 0 aliphatic carbocycles. The van der Waals surface area contributed by atoms with E-state index in [9.17, 15) is 0 Å². The number of methoxy groups -OCH3 is 2. The Labute approximate surface area is 128 Å². The Bertz CT molecular complexity index is 462.